The van der Waals surface area contributed by atoms with E-state index in [1.165, 1.54) is 29.2 Å². The number of imidazole rings is 1. The minimum atomic E-state index is -4.63. The number of hydrogen-bond donors (Lipinski definition) is 5. The summed E-state index contributed by atoms with van der Waals surface area (Å²) in [5.74, 6) is 0.165. The van der Waals surface area contributed by atoms with Crippen molar-refractivity contribution in [2.24, 2.45) is 0 Å². The number of halogens is 3. The molecule has 5 N–H and O–H groups in total. The number of aryl methyl sites for hydroxylation is 1. The first-order valence-electron chi connectivity index (χ1n) is 13.6. The monoisotopic (exact) mass is 598 g/mol. The number of hydrogen-bond acceptors (Lipinski definition) is 8. The second-order valence-corrected chi connectivity index (χ2v) is 10.5. The Labute approximate surface area is 243 Å². The van der Waals surface area contributed by atoms with Crippen LogP contribution >= 0.6 is 0 Å². The van der Waals surface area contributed by atoms with E-state index in [-0.39, 0.29) is 29.2 Å². The molecule has 0 saturated carbocycles. The molecule has 2 aliphatic rings. The third-order valence-electron chi connectivity index (χ3n) is 7.68. The summed E-state index contributed by atoms with van der Waals surface area (Å²) in [4.78, 5) is 37.8. The zero-order valence-electron chi connectivity index (χ0n) is 23.0. The highest BCUT2D eigenvalue weighted by molar-refractivity contribution is 5.96. The number of aromatic nitrogens is 5. The first-order chi connectivity index (χ1) is 20.6. The number of anilines is 2. The lowest BCUT2D eigenvalue weighted by Gasteiger charge is -2.35. The number of nitrogens with one attached hydrogen (secondary N) is 4. The predicted octanol–water partition coefficient (Wildman–Crippen LogP) is 1.99. The predicted molar refractivity (Wildman–Crippen MR) is 149 cm³/mol. The van der Waals surface area contributed by atoms with Crippen molar-refractivity contribution in [3.05, 3.63) is 59.8 Å². The molecule has 6 rings (SSSR count). The minimum absolute atomic E-state index is 0.137. The number of amides is 3. The Balaban J connectivity index is 1.12. The molecule has 226 valence electrons. The number of carbonyl (C=O) groups excluding carboxylic acids is 2. The van der Waals surface area contributed by atoms with Crippen molar-refractivity contribution in [2.75, 3.05) is 44.6 Å². The molecule has 43 heavy (non-hydrogen) atoms. The van der Waals surface area contributed by atoms with Gasteiger partial charge in [-0.1, -0.05) is 0 Å². The van der Waals surface area contributed by atoms with Crippen molar-refractivity contribution in [3.63, 3.8) is 0 Å². The van der Waals surface area contributed by atoms with E-state index in [0.29, 0.717) is 67.5 Å². The largest absolute Gasteiger partial charge is 0.435 e. The second-order valence-electron chi connectivity index (χ2n) is 10.5. The summed E-state index contributed by atoms with van der Waals surface area (Å²) < 4.78 is 41.8. The van der Waals surface area contributed by atoms with Crippen LogP contribution in [0.1, 0.15) is 21.6 Å². The van der Waals surface area contributed by atoms with Crippen molar-refractivity contribution in [3.8, 4) is 11.3 Å². The molecule has 5 heterocycles. The van der Waals surface area contributed by atoms with Crippen LogP contribution in [-0.2, 0) is 6.18 Å². The van der Waals surface area contributed by atoms with Gasteiger partial charge in [-0.05, 0) is 30.7 Å². The molecule has 3 amide bonds. The molecule has 0 spiro atoms. The van der Waals surface area contributed by atoms with Crippen LogP contribution in [0.15, 0.2) is 43.0 Å². The first kappa shape index (κ1) is 28.4. The number of aliphatic hydroxyl groups is 1. The van der Waals surface area contributed by atoms with Gasteiger partial charge in [-0.25, -0.2) is 14.8 Å². The van der Waals surface area contributed by atoms with Crippen LogP contribution in [0.2, 0.25) is 0 Å². The Morgan fingerprint density at radius 1 is 1.09 bits per heavy atom. The lowest BCUT2D eigenvalue weighted by atomic mass is 10.1. The molecule has 0 aliphatic carbocycles. The molecule has 2 fully saturated rings. The molecule has 0 unspecified atom stereocenters. The Hall–Kier alpha value is -4.70. The van der Waals surface area contributed by atoms with Crippen LogP contribution in [0, 0.1) is 6.92 Å². The molecule has 16 heteroatoms. The normalized spacial score (nSPS) is 19.2. The van der Waals surface area contributed by atoms with Crippen molar-refractivity contribution >= 4 is 29.1 Å². The highest BCUT2D eigenvalue weighted by Gasteiger charge is 2.37. The Bertz CT molecular complexity index is 1660. The summed E-state index contributed by atoms with van der Waals surface area (Å²) >= 11 is 0. The maximum absolute atomic E-state index is 13.4. The minimum Gasteiger partial charge on any atom is -0.390 e. The number of urea groups is 1. The summed E-state index contributed by atoms with van der Waals surface area (Å²) in [5, 5.41) is 24.6. The summed E-state index contributed by atoms with van der Waals surface area (Å²) in [6.45, 7) is 4.25. The molecular formula is C27H29F3N10O3. The zero-order chi connectivity index (χ0) is 30.3. The third kappa shape index (κ3) is 5.58. The van der Waals surface area contributed by atoms with E-state index < -0.39 is 18.0 Å². The number of rotatable bonds is 5. The summed E-state index contributed by atoms with van der Waals surface area (Å²) in [7, 11) is 0. The van der Waals surface area contributed by atoms with Gasteiger partial charge < -0.3 is 30.9 Å². The number of aromatic amines is 1. The van der Waals surface area contributed by atoms with Gasteiger partial charge in [-0.2, -0.15) is 18.3 Å². The smallest absolute Gasteiger partial charge is 0.390 e. The van der Waals surface area contributed by atoms with Crippen molar-refractivity contribution in [1.29, 1.82) is 0 Å². The number of alkyl halides is 3. The van der Waals surface area contributed by atoms with Gasteiger partial charge in [0.15, 0.2) is 17.2 Å². The van der Waals surface area contributed by atoms with Crippen LogP contribution in [0.3, 0.4) is 0 Å². The van der Waals surface area contributed by atoms with Crippen molar-refractivity contribution in [2.45, 2.75) is 25.2 Å². The first-order valence-corrected chi connectivity index (χ1v) is 13.6. The fourth-order valence-electron chi connectivity index (χ4n) is 5.37. The number of H-pyrrole nitrogens is 1. The fourth-order valence-corrected chi connectivity index (χ4v) is 5.37. The summed E-state index contributed by atoms with van der Waals surface area (Å²) in [6.07, 6.45) is 0.208. The second kappa shape index (κ2) is 11.2. The number of piperazine rings is 1. The Kier molecular flexibility index (Phi) is 7.39. The van der Waals surface area contributed by atoms with E-state index in [1.807, 2.05) is 6.92 Å². The number of aliphatic hydroxyl groups excluding tert-OH is 1. The van der Waals surface area contributed by atoms with E-state index in [2.05, 4.69) is 36.1 Å². The van der Waals surface area contributed by atoms with Gasteiger partial charge in [-0.15, -0.1) is 0 Å². The SMILES string of the molecule is Cc1cc(Nc2nccn3c(-c4c[nH]nc4C(F)(F)F)cnc23)ccc1C(=O)N1CCN(C(=O)N[C@H]2CNC[C@@H]2O)CC1. The van der Waals surface area contributed by atoms with Crippen LogP contribution < -0.4 is 16.0 Å². The Morgan fingerprint density at radius 3 is 2.56 bits per heavy atom. The number of carbonyl (C=O) groups is 2. The van der Waals surface area contributed by atoms with Crippen molar-refractivity contribution < 1.29 is 27.9 Å². The van der Waals surface area contributed by atoms with Gasteiger partial charge in [0.1, 0.15) is 0 Å². The van der Waals surface area contributed by atoms with Gasteiger partial charge in [-0.3, -0.25) is 14.3 Å². The molecule has 2 saturated heterocycles. The number of nitrogens with zero attached hydrogens (tertiary/aromatic N) is 6. The van der Waals surface area contributed by atoms with Crippen molar-refractivity contribution in [1.82, 2.24) is 45.0 Å². The average Bonchev–Trinajstić information content (AvgIpc) is 3.73. The van der Waals surface area contributed by atoms with Gasteiger partial charge in [0.05, 0.1) is 29.6 Å². The van der Waals surface area contributed by atoms with Gasteiger partial charge in [0, 0.05) is 69.1 Å². The molecule has 13 nitrogen and oxygen atoms in total. The number of β-amino-alcohol motifs (C(OH)–C–C–N with tert-alkyl or cyclic N) is 1. The van der Waals surface area contributed by atoms with E-state index in [1.54, 1.807) is 28.0 Å². The molecular weight excluding hydrogens is 569 g/mol. The van der Waals surface area contributed by atoms with E-state index in [9.17, 15) is 27.9 Å². The lowest BCUT2D eigenvalue weighted by molar-refractivity contribution is -0.140. The van der Waals surface area contributed by atoms with Gasteiger partial charge in [0.2, 0.25) is 0 Å². The molecule has 2 aliphatic heterocycles. The molecule has 2 atom stereocenters. The van der Waals surface area contributed by atoms with Crippen LogP contribution in [0.4, 0.5) is 29.5 Å². The van der Waals surface area contributed by atoms with Crippen LogP contribution in [-0.4, -0.2) is 103 Å². The highest BCUT2D eigenvalue weighted by atomic mass is 19.4. The van der Waals surface area contributed by atoms with E-state index in [0.717, 1.165) is 0 Å². The lowest BCUT2D eigenvalue weighted by Crippen LogP contribution is -2.56. The Morgan fingerprint density at radius 2 is 1.86 bits per heavy atom. The molecule has 0 bridgehead atoms. The summed E-state index contributed by atoms with van der Waals surface area (Å²) in [6, 6.07) is 4.61. The fraction of sp³-hybridized carbons (Fsp3) is 0.370. The maximum atomic E-state index is 13.4. The highest BCUT2D eigenvalue weighted by Crippen LogP contribution is 2.36. The van der Waals surface area contributed by atoms with Gasteiger partial charge in [0.25, 0.3) is 5.91 Å². The molecule has 4 aromatic rings. The zero-order valence-corrected chi connectivity index (χ0v) is 23.0. The molecule has 3 aromatic heterocycles. The van der Waals surface area contributed by atoms with Gasteiger partial charge >= 0.3 is 12.2 Å². The molecule has 0 radical (unpaired) electrons. The molecule has 1 aromatic carbocycles. The van der Waals surface area contributed by atoms with E-state index in [4.69, 9.17) is 0 Å². The quantitative estimate of drug-likeness (QED) is 0.234. The average molecular weight is 599 g/mol. The standard InChI is InChI=1S/C27H29F3N10O3/c1-15-10-16(35-23-24-33-13-20(40(24)5-4-32-23)18-11-34-37-22(18)27(28,29)30)2-3-17(15)25(42)38-6-8-39(9-7-38)26(43)36-19-12-31-14-21(19)41/h2-5,10-11,13,19,21,31,41H,6-9,12,14H2,1H3,(H,32,35)(H,34,37)(H,36,43)/t19-,21-/m0/s1. The summed E-state index contributed by atoms with van der Waals surface area (Å²) in [5.41, 5.74) is 1.17. The maximum Gasteiger partial charge on any atom is 0.435 e. The number of benzene rings is 1. The third-order valence-corrected chi connectivity index (χ3v) is 7.68. The van der Waals surface area contributed by atoms with Crippen LogP contribution in [0.5, 0.6) is 0 Å². The number of fused-ring (bicyclic) bond motifs is 1. The topological polar surface area (TPSA) is 156 Å². The van der Waals surface area contributed by atoms with Crippen LogP contribution in [0.25, 0.3) is 16.9 Å². The van der Waals surface area contributed by atoms with E-state index >= 15 is 0 Å².